The highest BCUT2D eigenvalue weighted by Crippen LogP contribution is 2.22. The van der Waals surface area contributed by atoms with Crippen LogP contribution in [0.1, 0.15) is 42.5 Å². The standard InChI is InChI=1S/C15H19N3O5/c16-12-7-6-10(8-13(12)18(21)22)15(20)23-9-14(19)17-11-4-2-1-3-5-11/h6-8,11H,1-5,9,16H2,(H,17,19). The van der Waals surface area contributed by atoms with Gasteiger partial charge in [-0.1, -0.05) is 19.3 Å². The average molecular weight is 321 g/mol. The molecule has 0 bridgehead atoms. The monoisotopic (exact) mass is 321 g/mol. The number of hydrogen-bond acceptors (Lipinski definition) is 6. The normalized spacial score (nSPS) is 15.0. The van der Waals surface area contributed by atoms with E-state index in [2.05, 4.69) is 5.32 Å². The van der Waals surface area contributed by atoms with E-state index in [9.17, 15) is 19.7 Å². The lowest BCUT2D eigenvalue weighted by Crippen LogP contribution is -2.38. The fraction of sp³-hybridized carbons (Fsp3) is 0.467. The number of nitrogens with one attached hydrogen (secondary N) is 1. The number of esters is 1. The molecule has 1 saturated carbocycles. The number of nitro groups is 1. The van der Waals surface area contributed by atoms with Crippen molar-refractivity contribution >= 4 is 23.3 Å². The van der Waals surface area contributed by atoms with Crippen molar-refractivity contribution in [2.24, 2.45) is 0 Å². The van der Waals surface area contributed by atoms with Crippen LogP contribution >= 0.6 is 0 Å². The second-order valence-corrected chi connectivity index (χ2v) is 5.51. The van der Waals surface area contributed by atoms with Crippen LogP contribution in [0.3, 0.4) is 0 Å². The van der Waals surface area contributed by atoms with E-state index in [4.69, 9.17) is 10.5 Å². The summed E-state index contributed by atoms with van der Waals surface area (Å²) in [5.41, 5.74) is 5.03. The second-order valence-electron chi connectivity index (χ2n) is 5.51. The first-order valence-corrected chi connectivity index (χ1v) is 7.48. The van der Waals surface area contributed by atoms with Crippen LogP contribution in [-0.2, 0) is 9.53 Å². The van der Waals surface area contributed by atoms with Crippen molar-refractivity contribution in [1.82, 2.24) is 5.32 Å². The minimum absolute atomic E-state index is 0.0173. The molecule has 8 nitrogen and oxygen atoms in total. The average Bonchev–Trinajstić information content (AvgIpc) is 2.53. The molecule has 1 fully saturated rings. The van der Waals surface area contributed by atoms with Gasteiger partial charge in [0.1, 0.15) is 5.69 Å². The molecule has 0 radical (unpaired) electrons. The largest absolute Gasteiger partial charge is 0.452 e. The Morgan fingerprint density at radius 1 is 1.30 bits per heavy atom. The first kappa shape index (κ1) is 16.7. The molecule has 124 valence electrons. The van der Waals surface area contributed by atoms with Crippen LogP contribution in [-0.4, -0.2) is 29.4 Å². The van der Waals surface area contributed by atoms with Crippen LogP contribution in [0.4, 0.5) is 11.4 Å². The van der Waals surface area contributed by atoms with E-state index in [0.717, 1.165) is 31.7 Å². The van der Waals surface area contributed by atoms with Gasteiger partial charge in [-0.3, -0.25) is 14.9 Å². The van der Waals surface area contributed by atoms with Gasteiger partial charge in [0, 0.05) is 12.1 Å². The summed E-state index contributed by atoms with van der Waals surface area (Å²) in [6.45, 7) is -0.409. The van der Waals surface area contributed by atoms with E-state index in [1.807, 2.05) is 0 Å². The van der Waals surface area contributed by atoms with Crippen LogP contribution in [0.5, 0.6) is 0 Å². The minimum atomic E-state index is -0.799. The molecule has 0 atom stereocenters. The Balaban J connectivity index is 1.88. The number of benzene rings is 1. The fourth-order valence-electron chi connectivity index (χ4n) is 2.56. The fourth-order valence-corrected chi connectivity index (χ4v) is 2.56. The summed E-state index contributed by atoms with van der Waals surface area (Å²) in [4.78, 5) is 33.7. The van der Waals surface area contributed by atoms with E-state index in [1.165, 1.54) is 18.6 Å². The van der Waals surface area contributed by atoms with Crippen molar-refractivity contribution < 1.29 is 19.2 Å². The van der Waals surface area contributed by atoms with Gasteiger partial charge < -0.3 is 15.8 Å². The van der Waals surface area contributed by atoms with Crippen molar-refractivity contribution in [3.63, 3.8) is 0 Å². The number of nitro benzene ring substituents is 1. The zero-order valence-corrected chi connectivity index (χ0v) is 12.6. The van der Waals surface area contributed by atoms with E-state index in [1.54, 1.807) is 0 Å². The molecule has 0 unspecified atom stereocenters. The lowest BCUT2D eigenvalue weighted by Gasteiger charge is -2.22. The van der Waals surface area contributed by atoms with Crippen LogP contribution < -0.4 is 11.1 Å². The molecule has 0 heterocycles. The lowest BCUT2D eigenvalue weighted by molar-refractivity contribution is -0.383. The van der Waals surface area contributed by atoms with Gasteiger partial charge in [-0.25, -0.2) is 4.79 Å². The molecule has 1 aromatic carbocycles. The Morgan fingerprint density at radius 3 is 2.65 bits per heavy atom. The Morgan fingerprint density at radius 2 is 2.00 bits per heavy atom. The maximum Gasteiger partial charge on any atom is 0.338 e. The third kappa shape index (κ3) is 4.67. The number of rotatable bonds is 5. The Kier molecular flexibility index (Phi) is 5.51. The van der Waals surface area contributed by atoms with Crippen LogP contribution in [0.25, 0.3) is 0 Å². The smallest absolute Gasteiger partial charge is 0.338 e. The topological polar surface area (TPSA) is 125 Å². The highest BCUT2D eigenvalue weighted by molar-refractivity contribution is 5.92. The van der Waals surface area contributed by atoms with E-state index >= 15 is 0 Å². The number of nitrogens with two attached hydrogens (primary N) is 1. The number of carbonyl (C=O) groups excluding carboxylic acids is 2. The summed E-state index contributed by atoms with van der Waals surface area (Å²) in [5.74, 6) is -1.16. The number of carbonyl (C=O) groups is 2. The van der Waals surface area contributed by atoms with Crippen LogP contribution in [0, 0.1) is 10.1 Å². The third-order valence-corrected chi connectivity index (χ3v) is 3.77. The number of hydrogen-bond donors (Lipinski definition) is 2. The summed E-state index contributed by atoms with van der Waals surface area (Å²) in [6.07, 6.45) is 5.21. The molecule has 1 aliphatic carbocycles. The maximum absolute atomic E-state index is 11.9. The van der Waals surface area contributed by atoms with Crippen LogP contribution in [0.15, 0.2) is 18.2 Å². The number of nitrogens with zero attached hydrogens (tertiary/aromatic N) is 1. The van der Waals surface area contributed by atoms with Crippen molar-refractivity contribution in [2.75, 3.05) is 12.3 Å². The highest BCUT2D eigenvalue weighted by Gasteiger charge is 2.19. The van der Waals surface area contributed by atoms with Gasteiger partial charge in [-0.05, 0) is 25.0 Å². The number of anilines is 1. The third-order valence-electron chi connectivity index (χ3n) is 3.77. The summed E-state index contributed by atoms with van der Waals surface area (Å²) >= 11 is 0. The predicted molar refractivity (Wildman–Crippen MR) is 82.8 cm³/mol. The first-order chi connectivity index (χ1) is 11.0. The zero-order valence-electron chi connectivity index (χ0n) is 12.6. The number of nitrogen functional groups attached to an aromatic ring is 1. The molecule has 1 aliphatic rings. The molecule has 1 amide bonds. The van der Waals surface area contributed by atoms with Gasteiger partial charge in [-0.2, -0.15) is 0 Å². The summed E-state index contributed by atoms with van der Waals surface area (Å²) in [6, 6.07) is 3.75. The maximum atomic E-state index is 11.9. The number of amides is 1. The molecule has 8 heteroatoms. The first-order valence-electron chi connectivity index (χ1n) is 7.48. The predicted octanol–water partition coefficient (Wildman–Crippen LogP) is 1.78. The van der Waals surface area contributed by atoms with E-state index in [0.29, 0.717) is 0 Å². The molecule has 3 N–H and O–H groups in total. The minimum Gasteiger partial charge on any atom is -0.452 e. The summed E-state index contributed by atoms with van der Waals surface area (Å²) in [5, 5.41) is 13.6. The van der Waals surface area contributed by atoms with E-state index in [-0.39, 0.29) is 28.9 Å². The second kappa shape index (κ2) is 7.57. The molecular weight excluding hydrogens is 302 g/mol. The molecule has 1 aromatic rings. The van der Waals surface area contributed by atoms with Gasteiger partial charge in [0.15, 0.2) is 6.61 Å². The summed E-state index contributed by atoms with van der Waals surface area (Å²) < 4.78 is 4.89. The zero-order chi connectivity index (χ0) is 16.8. The molecule has 0 aromatic heterocycles. The Bertz CT molecular complexity index is 611. The quantitative estimate of drug-likeness (QED) is 0.368. The molecule has 2 rings (SSSR count). The van der Waals surface area contributed by atoms with Gasteiger partial charge in [0.25, 0.3) is 11.6 Å². The Labute approximate surface area is 133 Å². The SMILES string of the molecule is Nc1ccc(C(=O)OCC(=O)NC2CCCCC2)cc1[N+](=O)[O-]. The van der Waals surface area contributed by atoms with Crippen molar-refractivity contribution in [1.29, 1.82) is 0 Å². The summed E-state index contributed by atoms with van der Waals surface area (Å²) in [7, 11) is 0. The molecular formula is C15H19N3O5. The number of ether oxygens (including phenoxy) is 1. The van der Waals surface area contributed by atoms with Gasteiger partial charge in [-0.15, -0.1) is 0 Å². The highest BCUT2D eigenvalue weighted by atomic mass is 16.6. The lowest BCUT2D eigenvalue weighted by atomic mass is 9.95. The molecule has 23 heavy (non-hydrogen) atoms. The van der Waals surface area contributed by atoms with Gasteiger partial charge >= 0.3 is 5.97 Å². The Hall–Kier alpha value is -2.64. The van der Waals surface area contributed by atoms with Gasteiger partial charge in [0.05, 0.1) is 10.5 Å². The van der Waals surface area contributed by atoms with Crippen molar-refractivity contribution in [2.45, 2.75) is 38.1 Å². The van der Waals surface area contributed by atoms with Gasteiger partial charge in [0.2, 0.25) is 0 Å². The molecule has 0 spiro atoms. The molecule has 0 aliphatic heterocycles. The van der Waals surface area contributed by atoms with Crippen LogP contribution in [0.2, 0.25) is 0 Å². The van der Waals surface area contributed by atoms with Crippen molar-refractivity contribution in [3.8, 4) is 0 Å². The van der Waals surface area contributed by atoms with Crippen molar-refractivity contribution in [3.05, 3.63) is 33.9 Å². The van der Waals surface area contributed by atoms with E-state index < -0.39 is 17.5 Å². The molecule has 0 saturated heterocycles.